The first-order chi connectivity index (χ1) is 9.84. The van der Waals surface area contributed by atoms with Gasteiger partial charge in [-0.2, -0.15) is 0 Å². The van der Waals surface area contributed by atoms with Crippen LogP contribution in [0.15, 0.2) is 48.5 Å². The summed E-state index contributed by atoms with van der Waals surface area (Å²) in [4.78, 5) is 14.1. The van der Waals surface area contributed by atoms with Gasteiger partial charge in [-0.3, -0.25) is 4.79 Å². The molecule has 0 aromatic heterocycles. The second-order valence-electron chi connectivity index (χ2n) is 5.56. The van der Waals surface area contributed by atoms with E-state index in [2.05, 4.69) is 0 Å². The van der Waals surface area contributed by atoms with E-state index in [1.807, 2.05) is 26.0 Å². The van der Waals surface area contributed by atoms with Crippen LogP contribution in [0.25, 0.3) is 0 Å². The van der Waals surface area contributed by atoms with E-state index in [1.165, 1.54) is 11.0 Å². The van der Waals surface area contributed by atoms with Gasteiger partial charge >= 0.3 is 0 Å². The lowest BCUT2D eigenvalue weighted by Gasteiger charge is -2.30. The number of para-hydroxylation sites is 1. The molecule has 0 aliphatic heterocycles. The largest absolute Gasteiger partial charge is 0.399 e. The normalized spacial score (nSPS) is 11.2. The van der Waals surface area contributed by atoms with Gasteiger partial charge in [0.05, 0.1) is 11.1 Å². The molecule has 3 nitrogen and oxygen atoms in total. The zero-order chi connectivity index (χ0) is 15.6. The molecule has 0 heterocycles. The highest BCUT2D eigenvalue weighted by Gasteiger charge is 2.33. The molecule has 0 radical (unpaired) electrons. The average Bonchev–Trinajstić information content (AvgIpc) is 2.46. The van der Waals surface area contributed by atoms with Gasteiger partial charge in [-0.1, -0.05) is 24.3 Å². The Labute approximate surface area is 124 Å². The fourth-order valence-corrected chi connectivity index (χ4v) is 2.28. The van der Waals surface area contributed by atoms with E-state index < -0.39 is 11.2 Å². The van der Waals surface area contributed by atoms with Gasteiger partial charge in [-0.25, -0.2) is 4.39 Å². The van der Waals surface area contributed by atoms with Crippen molar-refractivity contribution in [2.45, 2.75) is 19.3 Å². The van der Waals surface area contributed by atoms with E-state index in [9.17, 15) is 9.18 Å². The third kappa shape index (κ3) is 2.89. The first-order valence-electron chi connectivity index (χ1n) is 6.72. The van der Waals surface area contributed by atoms with Crippen molar-refractivity contribution in [3.63, 3.8) is 0 Å². The standard InChI is InChI=1S/C17H19FN2O/c1-17(2,12-8-10-13(19)11-9-12)16(21)20(3)15-7-5-4-6-14(15)18/h4-11H,19H2,1-3H3. The highest BCUT2D eigenvalue weighted by atomic mass is 19.1. The third-order valence-electron chi connectivity index (χ3n) is 3.69. The summed E-state index contributed by atoms with van der Waals surface area (Å²) in [7, 11) is 1.58. The molecule has 0 spiro atoms. The molecule has 2 aromatic rings. The molecule has 0 unspecified atom stereocenters. The van der Waals surface area contributed by atoms with Crippen molar-refractivity contribution in [2.75, 3.05) is 17.7 Å². The Morgan fingerprint density at radius 1 is 1.10 bits per heavy atom. The van der Waals surface area contributed by atoms with Crippen LogP contribution in [0, 0.1) is 5.82 Å². The Bertz CT molecular complexity index is 650. The Balaban J connectivity index is 2.34. The summed E-state index contributed by atoms with van der Waals surface area (Å²) >= 11 is 0. The summed E-state index contributed by atoms with van der Waals surface area (Å²) in [6, 6.07) is 13.4. The number of nitrogens with zero attached hydrogens (tertiary/aromatic N) is 1. The molecule has 21 heavy (non-hydrogen) atoms. The van der Waals surface area contributed by atoms with E-state index in [1.54, 1.807) is 37.4 Å². The summed E-state index contributed by atoms with van der Waals surface area (Å²) in [6.45, 7) is 3.64. The first kappa shape index (κ1) is 15.0. The van der Waals surface area contributed by atoms with Crippen LogP contribution in [0.2, 0.25) is 0 Å². The van der Waals surface area contributed by atoms with Crippen LogP contribution >= 0.6 is 0 Å². The van der Waals surface area contributed by atoms with Gasteiger partial charge in [-0.15, -0.1) is 0 Å². The molecule has 0 atom stereocenters. The molecule has 0 aliphatic carbocycles. The molecular formula is C17H19FN2O. The lowest BCUT2D eigenvalue weighted by Crippen LogP contribution is -2.41. The maximum Gasteiger partial charge on any atom is 0.236 e. The van der Waals surface area contributed by atoms with Crippen molar-refractivity contribution < 1.29 is 9.18 Å². The van der Waals surface area contributed by atoms with Crippen LogP contribution < -0.4 is 10.6 Å². The fourth-order valence-electron chi connectivity index (χ4n) is 2.28. The van der Waals surface area contributed by atoms with Gasteiger partial charge < -0.3 is 10.6 Å². The minimum absolute atomic E-state index is 0.183. The minimum Gasteiger partial charge on any atom is -0.399 e. The summed E-state index contributed by atoms with van der Waals surface area (Å²) < 4.78 is 13.8. The number of hydrogen-bond acceptors (Lipinski definition) is 2. The zero-order valence-electron chi connectivity index (χ0n) is 12.4. The van der Waals surface area contributed by atoms with Crippen molar-refractivity contribution in [1.29, 1.82) is 0 Å². The van der Waals surface area contributed by atoms with Crippen LogP contribution in [-0.4, -0.2) is 13.0 Å². The fraction of sp³-hybridized carbons (Fsp3) is 0.235. The van der Waals surface area contributed by atoms with E-state index in [0.717, 1.165) is 5.56 Å². The third-order valence-corrected chi connectivity index (χ3v) is 3.69. The predicted octanol–water partition coefficient (Wildman–Crippen LogP) is 3.35. The second kappa shape index (κ2) is 5.56. The number of nitrogens with two attached hydrogens (primary N) is 1. The molecule has 0 saturated carbocycles. The van der Waals surface area contributed by atoms with Gasteiger partial charge in [0.15, 0.2) is 0 Å². The van der Waals surface area contributed by atoms with Crippen LogP contribution in [-0.2, 0) is 10.2 Å². The number of hydrogen-bond donors (Lipinski definition) is 1. The second-order valence-corrected chi connectivity index (χ2v) is 5.56. The smallest absolute Gasteiger partial charge is 0.236 e. The topological polar surface area (TPSA) is 46.3 Å². The van der Waals surface area contributed by atoms with E-state index in [-0.39, 0.29) is 11.6 Å². The minimum atomic E-state index is -0.773. The van der Waals surface area contributed by atoms with Gasteiger partial charge in [0, 0.05) is 12.7 Å². The lowest BCUT2D eigenvalue weighted by molar-refractivity contribution is -0.122. The highest BCUT2D eigenvalue weighted by molar-refractivity contribution is 6.00. The van der Waals surface area contributed by atoms with Crippen molar-refractivity contribution >= 4 is 17.3 Å². The van der Waals surface area contributed by atoms with Crippen molar-refractivity contribution in [1.82, 2.24) is 0 Å². The van der Waals surface area contributed by atoms with Gasteiger partial charge in [0.2, 0.25) is 5.91 Å². The number of carbonyl (C=O) groups excluding carboxylic acids is 1. The predicted molar refractivity (Wildman–Crippen MR) is 83.7 cm³/mol. The monoisotopic (exact) mass is 286 g/mol. The Morgan fingerprint density at radius 2 is 1.67 bits per heavy atom. The molecule has 4 heteroatoms. The Kier molecular flexibility index (Phi) is 3.98. The van der Waals surface area contributed by atoms with Crippen molar-refractivity contribution in [2.24, 2.45) is 0 Å². The summed E-state index contributed by atoms with van der Waals surface area (Å²) in [5.74, 6) is -0.598. The molecule has 0 aliphatic rings. The van der Waals surface area contributed by atoms with Crippen LogP contribution in [0.4, 0.5) is 15.8 Å². The molecule has 0 bridgehead atoms. The van der Waals surface area contributed by atoms with Crippen LogP contribution in [0.5, 0.6) is 0 Å². The maximum atomic E-state index is 13.8. The molecule has 2 N–H and O–H groups in total. The number of rotatable bonds is 3. The van der Waals surface area contributed by atoms with Gasteiger partial charge in [0.1, 0.15) is 5.82 Å². The van der Waals surface area contributed by atoms with Crippen LogP contribution in [0.3, 0.4) is 0 Å². The number of likely N-dealkylation sites (N-methyl/N-ethyl adjacent to an activating group) is 1. The lowest BCUT2D eigenvalue weighted by atomic mass is 9.83. The van der Waals surface area contributed by atoms with Crippen molar-refractivity contribution in [3.8, 4) is 0 Å². The van der Waals surface area contributed by atoms with Crippen molar-refractivity contribution in [3.05, 3.63) is 59.9 Å². The number of anilines is 2. The number of amides is 1. The van der Waals surface area contributed by atoms with E-state index in [0.29, 0.717) is 5.69 Å². The Hall–Kier alpha value is -2.36. The zero-order valence-corrected chi connectivity index (χ0v) is 12.4. The SMILES string of the molecule is CN(C(=O)C(C)(C)c1ccc(N)cc1)c1ccccc1F. The summed E-state index contributed by atoms with van der Waals surface area (Å²) in [5, 5.41) is 0. The summed E-state index contributed by atoms with van der Waals surface area (Å²) in [6.07, 6.45) is 0. The molecule has 0 fully saturated rings. The first-order valence-corrected chi connectivity index (χ1v) is 6.72. The number of benzene rings is 2. The Morgan fingerprint density at radius 3 is 2.24 bits per heavy atom. The molecular weight excluding hydrogens is 267 g/mol. The van der Waals surface area contributed by atoms with Crippen LogP contribution in [0.1, 0.15) is 19.4 Å². The summed E-state index contributed by atoms with van der Waals surface area (Å²) in [5.41, 5.74) is 6.65. The number of nitrogen functional groups attached to an aromatic ring is 1. The molecule has 110 valence electrons. The van der Waals surface area contributed by atoms with E-state index in [4.69, 9.17) is 5.73 Å². The molecule has 2 rings (SSSR count). The number of halogens is 1. The highest BCUT2D eigenvalue weighted by Crippen LogP contribution is 2.29. The molecule has 2 aromatic carbocycles. The molecule has 0 saturated heterocycles. The van der Waals surface area contributed by atoms with Gasteiger partial charge in [-0.05, 0) is 43.7 Å². The van der Waals surface area contributed by atoms with E-state index >= 15 is 0 Å². The van der Waals surface area contributed by atoms with Gasteiger partial charge in [0.25, 0.3) is 0 Å². The number of carbonyl (C=O) groups is 1. The average molecular weight is 286 g/mol. The quantitative estimate of drug-likeness (QED) is 0.880. The maximum absolute atomic E-state index is 13.8. The molecule has 1 amide bonds.